The number of nitrogens with one attached hydrogen (secondary N) is 1. The van der Waals surface area contributed by atoms with Crippen LogP contribution in [0.5, 0.6) is 5.75 Å². The number of hydrogen-bond donors (Lipinski definition) is 2. The monoisotopic (exact) mass is 642 g/mol. The Bertz CT molecular complexity index is 1610. The Hall–Kier alpha value is -3.43. The topological polar surface area (TPSA) is 145 Å². The molecule has 12 nitrogen and oxygen atoms in total. The molecule has 2 aromatic heterocycles. The molecule has 0 radical (unpaired) electrons. The van der Waals surface area contributed by atoms with Crippen molar-refractivity contribution >= 4 is 49.1 Å². The van der Waals surface area contributed by atoms with Gasteiger partial charge in [-0.2, -0.15) is 4.31 Å². The third-order valence-corrected chi connectivity index (χ3v) is 10.5. The number of morpholine rings is 1. The molecule has 2 aliphatic rings. The number of aromatic hydroxyl groups is 1. The maximum atomic E-state index is 12.9. The lowest BCUT2D eigenvalue weighted by Crippen LogP contribution is -2.49. The van der Waals surface area contributed by atoms with Crippen LogP contribution in [0.4, 0.5) is 5.82 Å². The summed E-state index contributed by atoms with van der Waals surface area (Å²) < 4.78 is 33.9. The first kappa shape index (κ1) is 32.0. The molecular formula is C30H38N6O6S2. The summed E-state index contributed by atoms with van der Waals surface area (Å²) in [6, 6.07) is 9.02. The smallest absolute Gasteiger partial charge is 0.220 e. The predicted octanol–water partition coefficient (Wildman–Crippen LogP) is 2.39. The number of amides is 1. The Morgan fingerprint density at radius 3 is 2.57 bits per heavy atom. The van der Waals surface area contributed by atoms with E-state index in [0.717, 1.165) is 39.6 Å². The number of aromatic nitrogens is 2. The molecule has 1 amide bonds. The second kappa shape index (κ2) is 14.6. The van der Waals surface area contributed by atoms with Crippen molar-refractivity contribution in [2.24, 2.45) is 0 Å². The Morgan fingerprint density at radius 2 is 1.84 bits per heavy atom. The molecule has 14 heteroatoms. The number of ether oxygens (including phenoxy) is 1. The molecule has 0 unspecified atom stereocenters. The van der Waals surface area contributed by atoms with E-state index in [-0.39, 0.29) is 42.6 Å². The molecule has 1 aromatic carbocycles. The van der Waals surface area contributed by atoms with Crippen molar-refractivity contribution in [3.8, 4) is 17.1 Å². The van der Waals surface area contributed by atoms with E-state index >= 15 is 0 Å². The Morgan fingerprint density at radius 1 is 1.07 bits per heavy atom. The van der Waals surface area contributed by atoms with Gasteiger partial charge in [0, 0.05) is 75.6 Å². The number of allylic oxidation sites excluding steroid dienone is 2. The van der Waals surface area contributed by atoms with Crippen molar-refractivity contribution in [2.75, 3.05) is 69.7 Å². The summed E-state index contributed by atoms with van der Waals surface area (Å²) in [6.45, 7) is 7.06. The SMILES string of the molecule is C/C=C/C(=O)CCC(=O)NCCS(=O)(=O)N1CCN(Cc2cc3nc(-c4cccc(O)c4)nc(N4CCOCC4)c3s2)CC1. The predicted molar refractivity (Wildman–Crippen MR) is 170 cm³/mol. The van der Waals surface area contributed by atoms with Crippen LogP contribution in [0, 0.1) is 0 Å². The van der Waals surface area contributed by atoms with Crippen molar-refractivity contribution < 1.29 is 27.9 Å². The summed E-state index contributed by atoms with van der Waals surface area (Å²) in [5.74, 6) is 0.928. The number of hydrogen-bond acceptors (Lipinski definition) is 11. The number of phenolic OH excluding ortho intramolecular Hbond substituents is 1. The van der Waals surface area contributed by atoms with Gasteiger partial charge in [0.25, 0.3) is 0 Å². The first-order valence-corrected chi connectivity index (χ1v) is 17.2. The lowest BCUT2D eigenvalue weighted by molar-refractivity contribution is -0.123. The maximum Gasteiger partial charge on any atom is 0.220 e. The molecule has 0 saturated carbocycles. The average molecular weight is 643 g/mol. The molecule has 0 spiro atoms. The Labute approximate surface area is 261 Å². The molecule has 2 saturated heterocycles. The molecule has 0 atom stereocenters. The highest BCUT2D eigenvalue weighted by molar-refractivity contribution is 7.89. The van der Waals surface area contributed by atoms with Crippen LogP contribution in [0.3, 0.4) is 0 Å². The minimum absolute atomic E-state index is 0.0120. The quantitative estimate of drug-likeness (QED) is 0.283. The van der Waals surface area contributed by atoms with Crippen LogP contribution < -0.4 is 10.2 Å². The van der Waals surface area contributed by atoms with Crippen LogP contribution in [-0.2, 0) is 30.9 Å². The Kier molecular flexibility index (Phi) is 10.6. The zero-order valence-electron chi connectivity index (χ0n) is 24.8. The molecule has 2 fully saturated rings. The van der Waals surface area contributed by atoms with Crippen molar-refractivity contribution in [1.29, 1.82) is 0 Å². The molecule has 3 aromatic rings. The van der Waals surface area contributed by atoms with Crippen LogP contribution in [-0.4, -0.2) is 109 Å². The highest BCUT2D eigenvalue weighted by atomic mass is 32.2. The van der Waals surface area contributed by atoms with Gasteiger partial charge in [0.15, 0.2) is 17.4 Å². The second-order valence-electron chi connectivity index (χ2n) is 10.8. The van der Waals surface area contributed by atoms with Gasteiger partial charge in [-0.15, -0.1) is 11.3 Å². The zero-order valence-corrected chi connectivity index (χ0v) is 26.4. The maximum absolute atomic E-state index is 12.9. The molecule has 0 aliphatic carbocycles. The first-order chi connectivity index (χ1) is 21.2. The molecule has 236 valence electrons. The number of phenols is 1. The molecule has 2 N–H and O–H groups in total. The third kappa shape index (κ3) is 8.18. The van der Waals surface area contributed by atoms with Gasteiger partial charge in [0.1, 0.15) is 5.75 Å². The fourth-order valence-electron chi connectivity index (χ4n) is 5.23. The summed E-state index contributed by atoms with van der Waals surface area (Å²) in [7, 11) is -3.52. The standard InChI is InChI=1S/C30H38N6O6S2/c1-2-4-23(37)7-8-27(39)31-9-18-44(40,41)36-12-10-34(11-13-36)21-25-20-26-28(43-25)30(35-14-16-42-17-15-35)33-29(32-26)22-5-3-6-24(38)19-22/h2-6,19-20,38H,7-18,21H2,1H3,(H,31,39)/b4-2+. The van der Waals surface area contributed by atoms with Crippen molar-refractivity contribution in [2.45, 2.75) is 26.3 Å². The van der Waals surface area contributed by atoms with Gasteiger partial charge < -0.3 is 20.1 Å². The van der Waals surface area contributed by atoms with E-state index in [2.05, 4.69) is 21.2 Å². The number of thiophene rings is 1. The van der Waals surface area contributed by atoms with Gasteiger partial charge in [0.2, 0.25) is 15.9 Å². The van der Waals surface area contributed by atoms with E-state index in [9.17, 15) is 23.1 Å². The van der Waals surface area contributed by atoms with E-state index in [1.54, 1.807) is 42.5 Å². The summed E-state index contributed by atoms with van der Waals surface area (Å²) in [4.78, 5) is 38.9. The number of carbonyl (C=O) groups excluding carboxylic acids is 2. The summed E-state index contributed by atoms with van der Waals surface area (Å²) in [5, 5.41) is 12.6. The first-order valence-electron chi connectivity index (χ1n) is 14.8. The lowest BCUT2D eigenvalue weighted by atomic mass is 10.2. The number of nitrogens with zero attached hydrogens (tertiary/aromatic N) is 5. The minimum Gasteiger partial charge on any atom is -0.508 e. The molecular weight excluding hydrogens is 605 g/mol. The second-order valence-corrected chi connectivity index (χ2v) is 14.0. The van der Waals surface area contributed by atoms with E-state index < -0.39 is 10.0 Å². The fraction of sp³-hybridized carbons (Fsp3) is 0.467. The van der Waals surface area contributed by atoms with Gasteiger partial charge in [-0.3, -0.25) is 14.5 Å². The van der Waals surface area contributed by atoms with Crippen LogP contribution in [0.1, 0.15) is 24.6 Å². The molecule has 4 heterocycles. The highest BCUT2D eigenvalue weighted by Crippen LogP contribution is 2.35. The number of ketones is 1. The zero-order chi connectivity index (χ0) is 31.1. The Balaban J connectivity index is 1.20. The van der Waals surface area contributed by atoms with Crippen molar-refractivity contribution in [3.05, 3.63) is 47.4 Å². The normalized spacial score (nSPS) is 17.0. The van der Waals surface area contributed by atoms with Gasteiger partial charge in [0.05, 0.1) is 29.2 Å². The number of benzene rings is 1. The van der Waals surface area contributed by atoms with Gasteiger partial charge in [-0.25, -0.2) is 18.4 Å². The van der Waals surface area contributed by atoms with Crippen molar-refractivity contribution in [3.63, 3.8) is 0 Å². The summed E-state index contributed by atoms with van der Waals surface area (Å²) in [5.41, 5.74) is 1.58. The number of sulfonamides is 1. The summed E-state index contributed by atoms with van der Waals surface area (Å²) >= 11 is 1.65. The van der Waals surface area contributed by atoms with E-state index in [4.69, 9.17) is 14.7 Å². The number of fused-ring (bicyclic) bond motifs is 1. The van der Waals surface area contributed by atoms with Crippen molar-refractivity contribution in [1.82, 2.24) is 24.5 Å². The van der Waals surface area contributed by atoms with Crippen LogP contribution >= 0.6 is 11.3 Å². The van der Waals surface area contributed by atoms with Crippen LogP contribution in [0.2, 0.25) is 0 Å². The lowest BCUT2D eigenvalue weighted by Gasteiger charge is -2.33. The minimum atomic E-state index is -3.52. The molecule has 2 aliphatic heterocycles. The van der Waals surface area contributed by atoms with Crippen LogP contribution in [0.25, 0.3) is 21.6 Å². The third-order valence-electron chi connectivity index (χ3n) is 7.56. The molecule has 5 rings (SSSR count). The van der Waals surface area contributed by atoms with Gasteiger partial charge >= 0.3 is 0 Å². The van der Waals surface area contributed by atoms with E-state index in [0.29, 0.717) is 51.8 Å². The number of anilines is 1. The van der Waals surface area contributed by atoms with Gasteiger partial charge in [-0.1, -0.05) is 18.2 Å². The van der Waals surface area contributed by atoms with E-state index in [1.807, 2.05) is 6.07 Å². The number of piperazine rings is 1. The van der Waals surface area contributed by atoms with Crippen LogP contribution in [0.15, 0.2) is 42.5 Å². The largest absolute Gasteiger partial charge is 0.508 e. The number of rotatable bonds is 12. The highest BCUT2D eigenvalue weighted by Gasteiger charge is 2.28. The molecule has 0 bridgehead atoms. The average Bonchev–Trinajstić information content (AvgIpc) is 3.42. The molecule has 44 heavy (non-hydrogen) atoms. The number of carbonyl (C=O) groups is 2. The van der Waals surface area contributed by atoms with E-state index in [1.165, 1.54) is 10.4 Å². The summed E-state index contributed by atoms with van der Waals surface area (Å²) in [6.07, 6.45) is 3.19. The fourth-order valence-corrected chi connectivity index (χ4v) is 7.73. The van der Waals surface area contributed by atoms with Gasteiger partial charge in [-0.05, 0) is 31.2 Å².